The predicted octanol–water partition coefficient (Wildman–Crippen LogP) is 1.05. The first kappa shape index (κ1) is 24.3. The SMILES string of the molecule is O=C(COC(F)(F)F)C(C[C@@H]1CCNC1=O)NC(=O)[C@@H]1CC2(CC2)CN1C(=O)C(F)(F)F. The maximum atomic E-state index is 13.0. The van der Waals surface area contributed by atoms with Crippen LogP contribution in [-0.4, -0.2) is 72.7 Å². The predicted molar refractivity (Wildman–Crippen MR) is 92.5 cm³/mol. The van der Waals surface area contributed by atoms with Gasteiger partial charge in [0.05, 0.1) is 6.04 Å². The van der Waals surface area contributed by atoms with E-state index in [9.17, 15) is 45.5 Å². The van der Waals surface area contributed by atoms with Crippen LogP contribution in [0.2, 0.25) is 0 Å². The van der Waals surface area contributed by atoms with Crippen molar-refractivity contribution in [2.45, 2.75) is 56.7 Å². The number of carbonyl (C=O) groups excluding carboxylic acids is 4. The average Bonchev–Trinajstić information content (AvgIpc) is 3.13. The van der Waals surface area contributed by atoms with E-state index in [0.717, 1.165) is 0 Å². The minimum absolute atomic E-state index is 0.0511. The number of likely N-dealkylation sites (tertiary alicyclic amines) is 1. The molecule has 0 aromatic carbocycles. The Bertz CT molecular complexity index is 795. The Morgan fingerprint density at radius 2 is 1.84 bits per heavy atom. The lowest BCUT2D eigenvalue weighted by Gasteiger charge is -2.27. The van der Waals surface area contributed by atoms with E-state index in [1.807, 2.05) is 0 Å². The van der Waals surface area contributed by atoms with Crippen molar-refractivity contribution in [2.75, 3.05) is 19.7 Å². The third kappa shape index (κ3) is 5.70. The lowest BCUT2D eigenvalue weighted by Crippen LogP contribution is -2.54. The Labute approximate surface area is 178 Å². The van der Waals surface area contributed by atoms with Crippen LogP contribution in [-0.2, 0) is 23.9 Å². The number of nitrogens with zero attached hydrogens (tertiary/aromatic N) is 1. The van der Waals surface area contributed by atoms with Gasteiger partial charge in [0.1, 0.15) is 12.6 Å². The summed E-state index contributed by atoms with van der Waals surface area (Å²) in [5, 5.41) is 4.65. The molecular formula is C18H21F6N3O5. The van der Waals surface area contributed by atoms with Crippen molar-refractivity contribution in [3.63, 3.8) is 0 Å². The van der Waals surface area contributed by atoms with Crippen LogP contribution in [0.3, 0.4) is 0 Å². The number of nitrogens with one attached hydrogen (secondary N) is 2. The molecule has 0 radical (unpaired) electrons. The van der Waals surface area contributed by atoms with Crippen molar-refractivity contribution < 1.29 is 50.3 Å². The van der Waals surface area contributed by atoms with Crippen LogP contribution in [0, 0.1) is 11.3 Å². The van der Waals surface area contributed by atoms with Gasteiger partial charge in [-0.25, -0.2) is 0 Å². The summed E-state index contributed by atoms with van der Waals surface area (Å²) in [5.74, 6) is -5.71. The zero-order valence-corrected chi connectivity index (χ0v) is 16.6. The van der Waals surface area contributed by atoms with Gasteiger partial charge in [0.25, 0.3) is 0 Å². The van der Waals surface area contributed by atoms with Gasteiger partial charge in [-0.1, -0.05) is 0 Å². The first-order valence-electron chi connectivity index (χ1n) is 9.90. The van der Waals surface area contributed by atoms with E-state index in [1.54, 1.807) is 0 Å². The minimum Gasteiger partial charge on any atom is -0.356 e. The molecule has 2 aliphatic heterocycles. The third-order valence-electron chi connectivity index (χ3n) is 6.04. The molecule has 0 aromatic heterocycles. The van der Waals surface area contributed by atoms with Gasteiger partial charge in [-0.3, -0.25) is 23.9 Å². The van der Waals surface area contributed by atoms with Crippen LogP contribution in [0.15, 0.2) is 0 Å². The number of alkyl halides is 6. The lowest BCUT2D eigenvalue weighted by atomic mass is 9.95. The number of halogens is 6. The van der Waals surface area contributed by atoms with Crippen molar-refractivity contribution in [3.8, 4) is 0 Å². The van der Waals surface area contributed by atoms with Crippen LogP contribution >= 0.6 is 0 Å². The normalized spacial score (nSPS) is 25.6. The first-order chi connectivity index (χ1) is 14.7. The average molecular weight is 473 g/mol. The molecule has 2 heterocycles. The number of hydrogen-bond donors (Lipinski definition) is 2. The molecule has 1 saturated carbocycles. The van der Waals surface area contributed by atoms with Crippen molar-refractivity contribution in [1.82, 2.24) is 15.5 Å². The molecule has 0 bridgehead atoms. The highest BCUT2D eigenvalue weighted by Gasteiger charge is 2.59. The van der Waals surface area contributed by atoms with Gasteiger partial charge < -0.3 is 15.5 Å². The van der Waals surface area contributed by atoms with E-state index in [1.165, 1.54) is 0 Å². The molecule has 3 amide bonds. The Balaban J connectivity index is 1.74. The fourth-order valence-electron chi connectivity index (χ4n) is 4.15. The highest BCUT2D eigenvalue weighted by molar-refractivity contribution is 5.95. The lowest BCUT2D eigenvalue weighted by molar-refractivity contribution is -0.321. The highest BCUT2D eigenvalue weighted by atomic mass is 19.4. The van der Waals surface area contributed by atoms with E-state index >= 15 is 0 Å². The molecule has 3 atom stereocenters. The van der Waals surface area contributed by atoms with Crippen LogP contribution in [0.5, 0.6) is 0 Å². The number of amides is 3. The third-order valence-corrected chi connectivity index (χ3v) is 6.04. The Hall–Kier alpha value is -2.38. The molecule has 14 heteroatoms. The van der Waals surface area contributed by atoms with E-state index in [0.29, 0.717) is 17.7 Å². The van der Waals surface area contributed by atoms with Gasteiger partial charge in [0.15, 0.2) is 5.78 Å². The standard InChI is InChI=1S/C18H21F6N3O5/c19-17(20,21)15(31)27-8-16(2-3-16)6-11(27)14(30)26-10(5-9-1-4-25-13(9)29)12(28)7-32-18(22,23)24/h9-11H,1-8H2,(H,25,29)(H,26,30)/t9-,10?,11-/m0/s1. The second-order valence-electron chi connectivity index (χ2n) is 8.42. The molecule has 3 rings (SSSR count). The fourth-order valence-corrected chi connectivity index (χ4v) is 4.15. The molecular weight excluding hydrogens is 452 g/mol. The minimum atomic E-state index is -5.21. The maximum Gasteiger partial charge on any atom is 0.522 e. The van der Waals surface area contributed by atoms with Crippen molar-refractivity contribution in [2.24, 2.45) is 11.3 Å². The van der Waals surface area contributed by atoms with Crippen LogP contribution < -0.4 is 10.6 Å². The number of hydrogen-bond acceptors (Lipinski definition) is 5. The second kappa shape index (κ2) is 8.52. The maximum absolute atomic E-state index is 13.0. The Morgan fingerprint density at radius 1 is 1.19 bits per heavy atom. The van der Waals surface area contributed by atoms with E-state index in [-0.39, 0.29) is 32.4 Å². The molecule has 3 aliphatic rings. The highest BCUT2D eigenvalue weighted by Crippen LogP contribution is 2.55. The number of Topliss-reactive ketones (excluding diaryl/α,β-unsaturated/α-hetero) is 1. The number of ketones is 1. The monoisotopic (exact) mass is 473 g/mol. The summed E-state index contributed by atoms with van der Waals surface area (Å²) in [6.45, 7) is -1.44. The van der Waals surface area contributed by atoms with Gasteiger partial charge in [0, 0.05) is 19.0 Å². The number of rotatable bonds is 7. The summed E-state index contributed by atoms with van der Waals surface area (Å²) in [6, 6.07) is -3.12. The molecule has 1 unspecified atom stereocenters. The first-order valence-corrected chi connectivity index (χ1v) is 9.90. The van der Waals surface area contributed by atoms with Crippen LogP contribution in [0.4, 0.5) is 26.3 Å². The second-order valence-corrected chi connectivity index (χ2v) is 8.42. The van der Waals surface area contributed by atoms with E-state index in [2.05, 4.69) is 15.4 Å². The quantitative estimate of drug-likeness (QED) is 0.538. The van der Waals surface area contributed by atoms with E-state index < -0.39 is 66.1 Å². The summed E-state index contributed by atoms with van der Waals surface area (Å²) < 4.78 is 79.4. The number of carbonyl (C=O) groups is 4. The topological polar surface area (TPSA) is 105 Å². The van der Waals surface area contributed by atoms with Gasteiger partial charge >= 0.3 is 18.4 Å². The van der Waals surface area contributed by atoms with Crippen molar-refractivity contribution >= 4 is 23.5 Å². The Morgan fingerprint density at radius 3 is 2.34 bits per heavy atom. The molecule has 1 aliphatic carbocycles. The smallest absolute Gasteiger partial charge is 0.356 e. The molecule has 0 aromatic rings. The molecule has 32 heavy (non-hydrogen) atoms. The summed E-state index contributed by atoms with van der Waals surface area (Å²) in [5.41, 5.74) is -0.604. The zero-order chi connectivity index (χ0) is 23.9. The molecule has 1 spiro atoms. The fraction of sp³-hybridized carbons (Fsp3) is 0.778. The van der Waals surface area contributed by atoms with Crippen molar-refractivity contribution in [3.05, 3.63) is 0 Å². The summed E-state index contributed by atoms with van der Waals surface area (Å²) >= 11 is 0. The van der Waals surface area contributed by atoms with Gasteiger partial charge in [-0.2, -0.15) is 13.2 Å². The van der Waals surface area contributed by atoms with Crippen LogP contribution in [0.25, 0.3) is 0 Å². The molecule has 2 saturated heterocycles. The summed E-state index contributed by atoms with van der Waals surface area (Å²) in [6.07, 6.45) is -9.40. The summed E-state index contributed by atoms with van der Waals surface area (Å²) in [4.78, 5) is 49.1. The number of ether oxygens (including phenoxy) is 1. The van der Waals surface area contributed by atoms with Gasteiger partial charge in [0.2, 0.25) is 11.8 Å². The molecule has 8 nitrogen and oxygen atoms in total. The Kier molecular flexibility index (Phi) is 6.46. The van der Waals surface area contributed by atoms with Crippen molar-refractivity contribution in [1.29, 1.82) is 0 Å². The molecule has 3 fully saturated rings. The zero-order valence-electron chi connectivity index (χ0n) is 16.6. The summed E-state index contributed by atoms with van der Waals surface area (Å²) in [7, 11) is 0. The molecule has 2 N–H and O–H groups in total. The largest absolute Gasteiger partial charge is 0.522 e. The van der Waals surface area contributed by atoms with Crippen LogP contribution in [0.1, 0.15) is 32.1 Å². The van der Waals surface area contributed by atoms with Gasteiger partial charge in [-0.15, -0.1) is 13.2 Å². The van der Waals surface area contributed by atoms with Gasteiger partial charge in [-0.05, 0) is 37.5 Å². The molecule has 180 valence electrons. The van der Waals surface area contributed by atoms with E-state index in [4.69, 9.17) is 0 Å².